The van der Waals surface area contributed by atoms with Gasteiger partial charge in [-0.2, -0.15) is 0 Å². The molecule has 0 spiro atoms. The first-order valence-electron chi connectivity index (χ1n) is 9.47. The Bertz CT molecular complexity index is 580. The van der Waals surface area contributed by atoms with Crippen LogP contribution in [0.4, 0.5) is 0 Å². The standard InChI is InChI=1S/C20H30N2O3/c1-15-10-16(2)14-22(13-15)7-3-6-21-20(23)12-17-4-5-18-19(11-17)25-9-8-24-18/h4-5,11,15-16H,3,6-10,12-14H2,1-2H3,(H,21,23)/t15-,16-/m0/s1. The molecule has 1 aromatic rings. The highest BCUT2D eigenvalue weighted by Gasteiger charge is 2.21. The summed E-state index contributed by atoms with van der Waals surface area (Å²) < 4.78 is 11.1. The van der Waals surface area contributed by atoms with Gasteiger partial charge in [0.25, 0.3) is 0 Å². The smallest absolute Gasteiger partial charge is 0.224 e. The van der Waals surface area contributed by atoms with Gasteiger partial charge in [-0.25, -0.2) is 0 Å². The first kappa shape index (κ1) is 18.1. The average Bonchev–Trinajstić information content (AvgIpc) is 2.58. The zero-order valence-corrected chi connectivity index (χ0v) is 15.4. The molecule has 0 saturated carbocycles. The molecule has 0 aromatic heterocycles. The summed E-state index contributed by atoms with van der Waals surface area (Å²) in [7, 11) is 0. The van der Waals surface area contributed by atoms with E-state index in [0.29, 0.717) is 19.6 Å². The number of nitrogens with zero attached hydrogens (tertiary/aromatic N) is 1. The Morgan fingerprint density at radius 1 is 1.16 bits per heavy atom. The second-order valence-electron chi connectivity index (χ2n) is 7.56. The Kier molecular flexibility index (Phi) is 6.19. The summed E-state index contributed by atoms with van der Waals surface area (Å²) in [6.07, 6.45) is 2.73. The summed E-state index contributed by atoms with van der Waals surface area (Å²) in [4.78, 5) is 14.7. The van der Waals surface area contributed by atoms with E-state index in [4.69, 9.17) is 9.47 Å². The van der Waals surface area contributed by atoms with Crippen LogP contribution in [-0.2, 0) is 11.2 Å². The van der Waals surface area contributed by atoms with Gasteiger partial charge in [0.2, 0.25) is 5.91 Å². The quantitative estimate of drug-likeness (QED) is 0.804. The normalized spacial score (nSPS) is 23.3. The first-order valence-corrected chi connectivity index (χ1v) is 9.47. The van der Waals surface area contributed by atoms with E-state index in [1.54, 1.807) is 0 Å². The predicted molar refractivity (Wildman–Crippen MR) is 98.1 cm³/mol. The number of nitrogens with one attached hydrogen (secondary N) is 1. The van der Waals surface area contributed by atoms with Crippen LogP contribution in [0.15, 0.2) is 18.2 Å². The molecule has 5 nitrogen and oxygen atoms in total. The maximum absolute atomic E-state index is 12.1. The number of benzene rings is 1. The first-order chi connectivity index (χ1) is 12.1. The Morgan fingerprint density at radius 3 is 2.64 bits per heavy atom. The van der Waals surface area contributed by atoms with Crippen molar-refractivity contribution in [2.75, 3.05) is 39.4 Å². The van der Waals surface area contributed by atoms with Crippen LogP contribution in [0.5, 0.6) is 11.5 Å². The Balaban J connectivity index is 1.37. The largest absolute Gasteiger partial charge is 0.486 e. The number of fused-ring (bicyclic) bond motifs is 1. The van der Waals surface area contributed by atoms with Crippen LogP contribution in [0.3, 0.4) is 0 Å². The molecule has 2 aliphatic heterocycles. The fourth-order valence-corrected chi connectivity index (χ4v) is 3.95. The number of piperidine rings is 1. The summed E-state index contributed by atoms with van der Waals surface area (Å²) in [5.74, 6) is 3.14. The minimum Gasteiger partial charge on any atom is -0.486 e. The summed E-state index contributed by atoms with van der Waals surface area (Å²) in [6, 6.07) is 5.73. The summed E-state index contributed by atoms with van der Waals surface area (Å²) >= 11 is 0. The number of amides is 1. The van der Waals surface area contributed by atoms with Gasteiger partial charge in [0.1, 0.15) is 13.2 Å². The van der Waals surface area contributed by atoms with Crippen molar-refractivity contribution in [3.63, 3.8) is 0 Å². The van der Waals surface area contributed by atoms with Crippen LogP contribution in [0.2, 0.25) is 0 Å². The maximum Gasteiger partial charge on any atom is 0.224 e. The van der Waals surface area contributed by atoms with Crippen molar-refractivity contribution >= 4 is 5.91 Å². The highest BCUT2D eigenvalue weighted by molar-refractivity contribution is 5.78. The van der Waals surface area contributed by atoms with Crippen LogP contribution >= 0.6 is 0 Å². The highest BCUT2D eigenvalue weighted by atomic mass is 16.6. The molecule has 1 amide bonds. The second kappa shape index (κ2) is 8.56. The van der Waals surface area contributed by atoms with Crippen molar-refractivity contribution in [1.29, 1.82) is 0 Å². The zero-order valence-electron chi connectivity index (χ0n) is 15.4. The topological polar surface area (TPSA) is 50.8 Å². The lowest BCUT2D eigenvalue weighted by molar-refractivity contribution is -0.120. The molecule has 1 aromatic carbocycles. The second-order valence-corrected chi connectivity index (χ2v) is 7.56. The lowest BCUT2D eigenvalue weighted by atomic mass is 9.92. The van der Waals surface area contributed by atoms with Gasteiger partial charge < -0.3 is 19.7 Å². The van der Waals surface area contributed by atoms with Gasteiger partial charge in [0.05, 0.1) is 6.42 Å². The minimum absolute atomic E-state index is 0.0667. The van der Waals surface area contributed by atoms with Crippen LogP contribution < -0.4 is 14.8 Å². The molecule has 0 unspecified atom stereocenters. The molecule has 1 fully saturated rings. The third kappa shape index (κ3) is 5.36. The molecule has 25 heavy (non-hydrogen) atoms. The molecule has 1 saturated heterocycles. The van der Waals surface area contributed by atoms with Gasteiger partial charge in [0.15, 0.2) is 11.5 Å². The molecule has 0 radical (unpaired) electrons. The highest BCUT2D eigenvalue weighted by Crippen LogP contribution is 2.30. The zero-order chi connectivity index (χ0) is 17.6. The Labute approximate surface area is 150 Å². The van der Waals surface area contributed by atoms with Crippen molar-refractivity contribution in [2.24, 2.45) is 11.8 Å². The van der Waals surface area contributed by atoms with E-state index < -0.39 is 0 Å². The van der Waals surface area contributed by atoms with Crippen molar-refractivity contribution < 1.29 is 14.3 Å². The number of carbonyl (C=O) groups excluding carboxylic acids is 1. The van der Waals surface area contributed by atoms with E-state index in [1.807, 2.05) is 18.2 Å². The van der Waals surface area contributed by atoms with E-state index in [1.165, 1.54) is 19.5 Å². The number of hydrogen-bond acceptors (Lipinski definition) is 4. The fraction of sp³-hybridized carbons (Fsp3) is 0.650. The van der Waals surface area contributed by atoms with E-state index in [-0.39, 0.29) is 5.91 Å². The number of likely N-dealkylation sites (tertiary alicyclic amines) is 1. The van der Waals surface area contributed by atoms with Crippen LogP contribution in [0, 0.1) is 11.8 Å². The molecule has 2 atom stereocenters. The Hall–Kier alpha value is -1.75. The lowest BCUT2D eigenvalue weighted by Gasteiger charge is -2.34. The average molecular weight is 346 g/mol. The molecular weight excluding hydrogens is 316 g/mol. The van der Waals surface area contributed by atoms with Gasteiger partial charge in [-0.1, -0.05) is 19.9 Å². The number of rotatable bonds is 6. The van der Waals surface area contributed by atoms with Crippen molar-refractivity contribution in [3.05, 3.63) is 23.8 Å². The summed E-state index contributed by atoms with van der Waals surface area (Å²) in [6.45, 7) is 10.00. The van der Waals surface area contributed by atoms with Crippen LogP contribution in [-0.4, -0.2) is 50.2 Å². The molecule has 1 N–H and O–H groups in total. The molecule has 3 rings (SSSR count). The van der Waals surface area contributed by atoms with Crippen molar-refractivity contribution in [3.8, 4) is 11.5 Å². The number of hydrogen-bond donors (Lipinski definition) is 1. The number of ether oxygens (including phenoxy) is 2. The molecule has 0 bridgehead atoms. The van der Waals surface area contributed by atoms with Crippen LogP contribution in [0.25, 0.3) is 0 Å². The number of carbonyl (C=O) groups is 1. The minimum atomic E-state index is 0.0667. The summed E-state index contributed by atoms with van der Waals surface area (Å²) in [5.41, 5.74) is 0.959. The monoisotopic (exact) mass is 346 g/mol. The molecule has 138 valence electrons. The van der Waals surface area contributed by atoms with Gasteiger partial charge in [0, 0.05) is 19.6 Å². The summed E-state index contributed by atoms with van der Waals surface area (Å²) in [5, 5.41) is 3.04. The third-order valence-corrected chi connectivity index (χ3v) is 4.89. The lowest BCUT2D eigenvalue weighted by Crippen LogP contribution is -2.40. The predicted octanol–water partition coefficient (Wildman–Crippen LogP) is 2.48. The van der Waals surface area contributed by atoms with E-state index in [9.17, 15) is 4.79 Å². The maximum atomic E-state index is 12.1. The fourth-order valence-electron chi connectivity index (χ4n) is 3.95. The Morgan fingerprint density at radius 2 is 1.88 bits per heavy atom. The molecule has 2 aliphatic rings. The SMILES string of the molecule is C[C@H]1C[C@H](C)CN(CCCNC(=O)Cc2ccc3c(c2)OCCO3)C1. The molecular formula is C20H30N2O3. The van der Waals surface area contributed by atoms with Gasteiger partial charge >= 0.3 is 0 Å². The third-order valence-electron chi connectivity index (χ3n) is 4.89. The van der Waals surface area contributed by atoms with Crippen molar-refractivity contribution in [2.45, 2.75) is 33.1 Å². The van der Waals surface area contributed by atoms with Gasteiger partial charge in [-0.3, -0.25) is 4.79 Å². The molecule has 5 heteroatoms. The molecule has 0 aliphatic carbocycles. The van der Waals surface area contributed by atoms with E-state index >= 15 is 0 Å². The van der Waals surface area contributed by atoms with E-state index in [2.05, 4.69) is 24.1 Å². The van der Waals surface area contributed by atoms with E-state index in [0.717, 1.165) is 48.4 Å². The van der Waals surface area contributed by atoms with Gasteiger partial charge in [-0.15, -0.1) is 0 Å². The van der Waals surface area contributed by atoms with Crippen molar-refractivity contribution in [1.82, 2.24) is 10.2 Å². The van der Waals surface area contributed by atoms with Crippen LogP contribution in [0.1, 0.15) is 32.3 Å². The van der Waals surface area contributed by atoms with Gasteiger partial charge in [-0.05, 0) is 48.9 Å². The molecule has 2 heterocycles.